The molecule has 0 aromatic heterocycles. The standard InChI is InChI=1S/C34H57N3O23/c1-10-19(35-11(2)41)25(49)23(47)18(55-10)9-54-31-21(37-13(4)43)26(50)28(17(8-40)57-31)58-32-27(51)30(24(48)16(7-39)56-32)60-34(33(52)53)5-14(44)20(36-12(3)42)29(59-34)22(46)15(45)6-38/h10,14-32,38-40,44-51H,5-9H2,1-4H3,(H,35,41)(H,36,42)(H,37,43)(H,52,53)/t10-,14?,15-,16?,17?,18?,19?,20-,21?,22-,23+,24+,25-,26-,27?,28-,29?,30+,31-,32+,34+/m1/s1. The minimum Gasteiger partial charge on any atom is -0.477 e. The molecule has 4 fully saturated rings. The highest BCUT2D eigenvalue weighted by molar-refractivity contribution is 5.77. The third-order valence-corrected chi connectivity index (χ3v) is 10.6. The number of hydrogen-bond donors (Lipinski definition) is 15. The Balaban J connectivity index is 1.58. The van der Waals surface area contributed by atoms with Gasteiger partial charge in [-0.1, -0.05) is 0 Å². The van der Waals surface area contributed by atoms with Gasteiger partial charge >= 0.3 is 5.97 Å². The Morgan fingerprint density at radius 1 is 0.700 bits per heavy atom. The van der Waals surface area contributed by atoms with Crippen molar-refractivity contribution in [2.24, 2.45) is 0 Å². The van der Waals surface area contributed by atoms with Gasteiger partial charge in [0.25, 0.3) is 5.79 Å². The predicted molar refractivity (Wildman–Crippen MR) is 189 cm³/mol. The number of aliphatic carboxylic acids is 1. The summed E-state index contributed by atoms with van der Waals surface area (Å²) < 4.78 is 40.0. The number of amides is 3. The smallest absolute Gasteiger partial charge is 0.364 e. The number of carboxylic acids is 1. The quantitative estimate of drug-likeness (QED) is 0.0684. The molecule has 8 unspecified atom stereocenters. The number of carbonyl (C=O) groups excluding carboxylic acids is 3. The van der Waals surface area contributed by atoms with Crippen LogP contribution in [0, 0.1) is 0 Å². The summed E-state index contributed by atoms with van der Waals surface area (Å²) in [6.07, 6.45) is -31.5. The maximum absolute atomic E-state index is 12.8. The lowest BCUT2D eigenvalue weighted by atomic mass is 9.88. The Morgan fingerprint density at radius 3 is 1.82 bits per heavy atom. The zero-order valence-corrected chi connectivity index (χ0v) is 32.9. The molecule has 346 valence electrons. The van der Waals surface area contributed by atoms with E-state index in [1.807, 2.05) is 0 Å². The third kappa shape index (κ3) is 11.0. The molecule has 26 heteroatoms. The van der Waals surface area contributed by atoms with Crippen molar-refractivity contribution in [1.82, 2.24) is 16.0 Å². The molecule has 60 heavy (non-hydrogen) atoms. The number of aliphatic hydroxyl groups is 11. The summed E-state index contributed by atoms with van der Waals surface area (Å²) in [7, 11) is 0. The van der Waals surface area contributed by atoms with Crippen molar-refractivity contribution in [2.75, 3.05) is 26.4 Å². The van der Waals surface area contributed by atoms with Gasteiger partial charge < -0.3 is 110 Å². The molecular weight excluding hydrogens is 818 g/mol. The number of rotatable bonds is 16. The number of carbonyl (C=O) groups is 4. The van der Waals surface area contributed by atoms with Crippen molar-refractivity contribution in [3.8, 4) is 0 Å². The van der Waals surface area contributed by atoms with Crippen LogP contribution in [-0.4, -0.2) is 239 Å². The van der Waals surface area contributed by atoms with Crippen LogP contribution in [0.5, 0.6) is 0 Å². The molecule has 4 aliphatic heterocycles. The van der Waals surface area contributed by atoms with Crippen LogP contribution in [0.1, 0.15) is 34.1 Å². The van der Waals surface area contributed by atoms with Crippen molar-refractivity contribution >= 4 is 23.7 Å². The molecule has 0 aliphatic carbocycles. The summed E-state index contributed by atoms with van der Waals surface area (Å²) in [5.41, 5.74) is 0. The molecule has 0 radical (unpaired) electrons. The van der Waals surface area contributed by atoms with Crippen LogP contribution in [0.4, 0.5) is 0 Å². The van der Waals surface area contributed by atoms with Gasteiger partial charge in [0.2, 0.25) is 17.7 Å². The topological polar surface area (TPSA) is 412 Å². The molecular formula is C34H57N3O23. The van der Waals surface area contributed by atoms with Crippen molar-refractivity contribution in [3.05, 3.63) is 0 Å². The van der Waals surface area contributed by atoms with Gasteiger partial charge in [0.1, 0.15) is 85.4 Å². The molecule has 4 aliphatic rings. The SMILES string of the molecule is CC(=O)NC1[C@H](OCC2O[C@H](C)C(NC(C)=O)[C@@H](O)[C@H]2O)OC(CO)[C@@H](O[C@@H]2OC(CO)[C@H](O)[C@H](O[C@]3(C(=O)O)CC(O)[C@@H](NC(C)=O)C([C@H](O)[C@H](O)CO)O3)C2O)[C@@H]1O. The Kier molecular flexibility index (Phi) is 17.5. The van der Waals surface area contributed by atoms with Crippen LogP contribution in [-0.2, 0) is 52.3 Å². The van der Waals surface area contributed by atoms with Gasteiger partial charge in [0.05, 0.1) is 50.7 Å². The van der Waals surface area contributed by atoms with E-state index in [-0.39, 0.29) is 0 Å². The van der Waals surface area contributed by atoms with Gasteiger partial charge in [-0.15, -0.1) is 0 Å². The molecule has 0 spiro atoms. The second kappa shape index (κ2) is 21.0. The number of ether oxygens (including phenoxy) is 7. The summed E-state index contributed by atoms with van der Waals surface area (Å²) in [5, 5.41) is 135. The monoisotopic (exact) mass is 875 g/mol. The first-order valence-electron chi connectivity index (χ1n) is 19.0. The highest BCUT2D eigenvalue weighted by Gasteiger charge is 2.60. The van der Waals surface area contributed by atoms with Crippen LogP contribution in [0.2, 0.25) is 0 Å². The second-order valence-corrected chi connectivity index (χ2v) is 15.1. The molecule has 21 atom stereocenters. The van der Waals surface area contributed by atoms with Crippen molar-refractivity contribution in [2.45, 2.75) is 162 Å². The molecule has 4 saturated heterocycles. The summed E-state index contributed by atoms with van der Waals surface area (Å²) in [5.74, 6) is -7.11. The first-order valence-corrected chi connectivity index (χ1v) is 19.0. The summed E-state index contributed by atoms with van der Waals surface area (Å²) in [6.45, 7) is 1.25. The Labute approximate surface area is 341 Å². The number of aliphatic hydroxyl groups excluding tert-OH is 11. The van der Waals surface area contributed by atoms with Crippen LogP contribution in [0.25, 0.3) is 0 Å². The molecule has 15 N–H and O–H groups in total. The van der Waals surface area contributed by atoms with E-state index in [2.05, 4.69) is 16.0 Å². The van der Waals surface area contributed by atoms with E-state index in [1.165, 1.54) is 13.8 Å². The van der Waals surface area contributed by atoms with Gasteiger partial charge in [0.15, 0.2) is 12.6 Å². The van der Waals surface area contributed by atoms with E-state index < -0.39 is 185 Å². The average molecular weight is 876 g/mol. The normalized spacial score (nSPS) is 43.3. The molecule has 0 saturated carbocycles. The van der Waals surface area contributed by atoms with Gasteiger partial charge in [-0.25, -0.2) is 4.79 Å². The van der Waals surface area contributed by atoms with Crippen molar-refractivity contribution in [3.63, 3.8) is 0 Å². The highest BCUT2D eigenvalue weighted by atomic mass is 16.8. The van der Waals surface area contributed by atoms with E-state index in [0.29, 0.717) is 0 Å². The van der Waals surface area contributed by atoms with Crippen LogP contribution in [0.15, 0.2) is 0 Å². The average Bonchev–Trinajstić information content (AvgIpc) is 3.18. The molecule has 0 aromatic rings. The first kappa shape index (κ1) is 49.8. The van der Waals surface area contributed by atoms with Crippen LogP contribution < -0.4 is 16.0 Å². The van der Waals surface area contributed by atoms with E-state index in [0.717, 1.165) is 13.8 Å². The summed E-state index contributed by atoms with van der Waals surface area (Å²) in [4.78, 5) is 48.6. The fourth-order valence-corrected chi connectivity index (χ4v) is 7.61. The summed E-state index contributed by atoms with van der Waals surface area (Å²) in [6, 6.07) is -4.11. The molecule has 0 aromatic carbocycles. The Hall–Kier alpha value is -2.84. The lowest BCUT2D eigenvalue weighted by Crippen LogP contribution is -2.71. The maximum atomic E-state index is 12.8. The first-order chi connectivity index (χ1) is 28.1. The molecule has 3 amide bonds. The zero-order chi connectivity index (χ0) is 45.0. The minimum atomic E-state index is -3.10. The lowest BCUT2D eigenvalue weighted by Gasteiger charge is -2.51. The third-order valence-electron chi connectivity index (χ3n) is 10.6. The molecule has 4 rings (SSSR count). The van der Waals surface area contributed by atoms with E-state index in [1.54, 1.807) is 0 Å². The van der Waals surface area contributed by atoms with Crippen LogP contribution in [0.3, 0.4) is 0 Å². The predicted octanol–water partition coefficient (Wildman–Crippen LogP) is -9.04. The maximum Gasteiger partial charge on any atom is 0.364 e. The highest BCUT2D eigenvalue weighted by Crippen LogP contribution is 2.38. The lowest BCUT2D eigenvalue weighted by molar-refractivity contribution is -0.383. The summed E-state index contributed by atoms with van der Waals surface area (Å²) >= 11 is 0. The van der Waals surface area contributed by atoms with Crippen LogP contribution >= 0.6 is 0 Å². The van der Waals surface area contributed by atoms with Crippen molar-refractivity contribution in [1.29, 1.82) is 0 Å². The molecule has 26 nitrogen and oxygen atoms in total. The Morgan fingerprint density at radius 2 is 1.27 bits per heavy atom. The van der Waals surface area contributed by atoms with E-state index >= 15 is 0 Å². The Bertz CT molecular complexity index is 1470. The van der Waals surface area contributed by atoms with Gasteiger partial charge in [-0.2, -0.15) is 0 Å². The minimum absolute atomic E-state index is 0.492. The zero-order valence-electron chi connectivity index (χ0n) is 32.9. The van der Waals surface area contributed by atoms with Gasteiger partial charge in [-0.3, -0.25) is 14.4 Å². The largest absolute Gasteiger partial charge is 0.477 e. The van der Waals surface area contributed by atoms with Gasteiger partial charge in [0, 0.05) is 27.2 Å². The van der Waals surface area contributed by atoms with Gasteiger partial charge in [-0.05, 0) is 6.92 Å². The molecule has 4 heterocycles. The fourth-order valence-electron chi connectivity index (χ4n) is 7.61. The molecule has 0 bridgehead atoms. The van der Waals surface area contributed by atoms with E-state index in [4.69, 9.17) is 33.2 Å². The number of nitrogens with one attached hydrogen (secondary N) is 3. The van der Waals surface area contributed by atoms with Crippen molar-refractivity contribution < 1.29 is 114 Å². The number of hydrogen-bond acceptors (Lipinski definition) is 22. The second-order valence-electron chi connectivity index (χ2n) is 15.1. The van der Waals surface area contributed by atoms with E-state index in [9.17, 15) is 80.5 Å². The number of carboxylic acid groups (broad SMARTS) is 1. The fraction of sp³-hybridized carbons (Fsp3) is 0.882.